The van der Waals surface area contributed by atoms with Crippen molar-refractivity contribution in [2.24, 2.45) is 5.92 Å². The molecule has 0 radical (unpaired) electrons. The highest BCUT2D eigenvalue weighted by molar-refractivity contribution is 6.27. The van der Waals surface area contributed by atoms with E-state index in [1.54, 1.807) is 5.57 Å². The van der Waals surface area contributed by atoms with Crippen LogP contribution in [0, 0.1) is 5.92 Å². The molecule has 2 aromatic carbocycles. The highest BCUT2D eigenvalue weighted by Crippen LogP contribution is 2.36. The summed E-state index contributed by atoms with van der Waals surface area (Å²) in [6, 6.07) is 19.9. The first-order chi connectivity index (χ1) is 14.5. The minimum absolute atomic E-state index is 0.626. The lowest BCUT2D eigenvalue weighted by atomic mass is 9.89. The van der Waals surface area contributed by atoms with E-state index in [1.807, 2.05) is 0 Å². The van der Waals surface area contributed by atoms with E-state index >= 15 is 0 Å². The largest absolute Gasteiger partial charge is 0.473 e. The average Bonchev–Trinajstić information content (AvgIpc) is 3.19. The van der Waals surface area contributed by atoms with E-state index in [0.29, 0.717) is 5.92 Å². The second-order valence-corrected chi connectivity index (χ2v) is 7.33. The first-order valence-corrected chi connectivity index (χ1v) is 10.5. The molecule has 0 saturated carbocycles. The molecule has 0 aromatic heterocycles. The van der Waals surface area contributed by atoms with Crippen LogP contribution in [-0.2, 0) is 22.4 Å². The molecule has 3 rings (SSSR count). The van der Waals surface area contributed by atoms with Crippen LogP contribution in [0.2, 0.25) is 0 Å². The van der Waals surface area contributed by atoms with Crippen LogP contribution in [0.15, 0.2) is 60.7 Å². The molecule has 0 amide bonds. The fourth-order valence-electron chi connectivity index (χ4n) is 3.87. The van der Waals surface area contributed by atoms with Gasteiger partial charge in [0.15, 0.2) is 0 Å². The number of benzene rings is 2. The normalized spacial score (nSPS) is 13.5. The molecule has 0 fully saturated rings. The minimum Gasteiger partial charge on any atom is -0.473 e. The SMILES string of the molecule is CCN(CC)CCC=C(c1ccccc1)C1Cc2ccccc2C1.O=C(O)C(=O)O. The van der Waals surface area contributed by atoms with Crippen molar-refractivity contribution in [3.05, 3.63) is 77.4 Å². The lowest BCUT2D eigenvalue weighted by Gasteiger charge is -2.19. The van der Waals surface area contributed by atoms with E-state index < -0.39 is 11.9 Å². The molecule has 2 N–H and O–H groups in total. The molecule has 1 aliphatic rings. The summed E-state index contributed by atoms with van der Waals surface area (Å²) in [6.45, 7) is 7.93. The summed E-state index contributed by atoms with van der Waals surface area (Å²) >= 11 is 0. The molecule has 0 aliphatic heterocycles. The Kier molecular flexibility index (Phi) is 9.29. The minimum atomic E-state index is -1.82. The molecule has 160 valence electrons. The molecule has 5 heteroatoms. The van der Waals surface area contributed by atoms with Gasteiger partial charge in [-0.05, 0) is 60.5 Å². The summed E-state index contributed by atoms with van der Waals surface area (Å²) in [5.74, 6) is -3.02. The topological polar surface area (TPSA) is 77.8 Å². The van der Waals surface area contributed by atoms with Gasteiger partial charge < -0.3 is 15.1 Å². The highest BCUT2D eigenvalue weighted by atomic mass is 16.4. The summed E-state index contributed by atoms with van der Waals surface area (Å²) in [7, 11) is 0. The number of hydrogen-bond donors (Lipinski definition) is 2. The van der Waals surface area contributed by atoms with Crippen LogP contribution in [0.25, 0.3) is 5.57 Å². The third-order valence-electron chi connectivity index (χ3n) is 5.48. The molecular formula is C25H31NO4. The van der Waals surface area contributed by atoms with Gasteiger partial charge in [-0.1, -0.05) is 74.5 Å². The summed E-state index contributed by atoms with van der Waals surface area (Å²) in [5.41, 5.74) is 6.01. The number of carboxylic acid groups (broad SMARTS) is 2. The zero-order valence-corrected chi connectivity index (χ0v) is 17.8. The maximum absolute atomic E-state index is 9.10. The quantitative estimate of drug-likeness (QED) is 0.664. The van der Waals surface area contributed by atoms with E-state index in [-0.39, 0.29) is 0 Å². The van der Waals surface area contributed by atoms with Gasteiger partial charge in [0.1, 0.15) is 0 Å². The molecule has 5 nitrogen and oxygen atoms in total. The van der Waals surface area contributed by atoms with Crippen molar-refractivity contribution in [2.75, 3.05) is 19.6 Å². The Hall–Kier alpha value is -2.92. The molecule has 0 bridgehead atoms. The van der Waals surface area contributed by atoms with Crippen LogP contribution < -0.4 is 0 Å². The van der Waals surface area contributed by atoms with Gasteiger partial charge >= 0.3 is 11.9 Å². The van der Waals surface area contributed by atoms with Crippen molar-refractivity contribution in [3.63, 3.8) is 0 Å². The van der Waals surface area contributed by atoms with Gasteiger partial charge in [0.05, 0.1) is 0 Å². The molecule has 0 heterocycles. The van der Waals surface area contributed by atoms with Crippen molar-refractivity contribution < 1.29 is 19.8 Å². The van der Waals surface area contributed by atoms with Crippen molar-refractivity contribution in [3.8, 4) is 0 Å². The highest BCUT2D eigenvalue weighted by Gasteiger charge is 2.24. The predicted octanol–water partition coefficient (Wildman–Crippen LogP) is 4.37. The van der Waals surface area contributed by atoms with Crippen LogP contribution >= 0.6 is 0 Å². The third-order valence-corrected chi connectivity index (χ3v) is 5.48. The third kappa shape index (κ3) is 6.85. The van der Waals surface area contributed by atoms with Gasteiger partial charge in [0, 0.05) is 6.54 Å². The van der Waals surface area contributed by atoms with Crippen molar-refractivity contribution in [1.82, 2.24) is 4.90 Å². The summed E-state index contributed by atoms with van der Waals surface area (Å²) in [5, 5.41) is 14.8. The van der Waals surface area contributed by atoms with Gasteiger partial charge in [-0.25, -0.2) is 9.59 Å². The number of allylic oxidation sites excluding steroid dienone is 1. The van der Waals surface area contributed by atoms with Crippen molar-refractivity contribution in [1.29, 1.82) is 0 Å². The fraction of sp³-hybridized carbons (Fsp3) is 0.360. The van der Waals surface area contributed by atoms with Crippen LogP contribution in [0.5, 0.6) is 0 Å². The zero-order chi connectivity index (χ0) is 21.9. The van der Waals surface area contributed by atoms with Crippen LogP contribution in [0.3, 0.4) is 0 Å². The first kappa shape index (κ1) is 23.4. The van der Waals surface area contributed by atoms with Crippen molar-refractivity contribution >= 4 is 17.5 Å². The summed E-state index contributed by atoms with van der Waals surface area (Å²) in [4.78, 5) is 20.7. The number of carboxylic acids is 2. The second kappa shape index (κ2) is 11.9. The molecule has 0 spiro atoms. The predicted molar refractivity (Wildman–Crippen MR) is 119 cm³/mol. The standard InChI is InChI=1S/C23H29N.C2H2O4/c1-3-24(4-2)16-10-15-23(19-11-6-5-7-12-19)22-17-20-13-8-9-14-21(20)18-22;3-1(4)2(5)6/h5-9,11-15,22H,3-4,10,16-18H2,1-2H3;(H,3,4)(H,5,6). The lowest BCUT2D eigenvalue weighted by Crippen LogP contribution is -2.23. The summed E-state index contributed by atoms with van der Waals surface area (Å²) < 4.78 is 0. The van der Waals surface area contributed by atoms with E-state index in [1.165, 1.54) is 29.5 Å². The molecule has 0 unspecified atom stereocenters. The number of fused-ring (bicyclic) bond motifs is 1. The number of hydrogen-bond acceptors (Lipinski definition) is 3. The maximum atomic E-state index is 9.10. The Morgan fingerprint density at radius 3 is 1.87 bits per heavy atom. The smallest absolute Gasteiger partial charge is 0.414 e. The maximum Gasteiger partial charge on any atom is 0.414 e. The summed E-state index contributed by atoms with van der Waals surface area (Å²) in [6.07, 6.45) is 6.01. The second-order valence-electron chi connectivity index (χ2n) is 7.33. The Morgan fingerprint density at radius 2 is 1.40 bits per heavy atom. The monoisotopic (exact) mass is 409 g/mol. The Morgan fingerprint density at radius 1 is 0.900 bits per heavy atom. The van der Waals surface area contributed by atoms with Crippen molar-refractivity contribution in [2.45, 2.75) is 33.1 Å². The van der Waals surface area contributed by atoms with E-state index in [9.17, 15) is 0 Å². The number of carbonyl (C=O) groups is 2. The number of rotatable bonds is 7. The van der Waals surface area contributed by atoms with E-state index in [4.69, 9.17) is 19.8 Å². The zero-order valence-electron chi connectivity index (χ0n) is 17.8. The van der Waals surface area contributed by atoms with E-state index in [2.05, 4.69) is 79.4 Å². The van der Waals surface area contributed by atoms with E-state index in [0.717, 1.165) is 26.1 Å². The van der Waals surface area contributed by atoms with Gasteiger partial charge in [-0.3, -0.25) is 0 Å². The molecule has 1 aliphatic carbocycles. The molecule has 2 aromatic rings. The molecule has 0 atom stereocenters. The van der Waals surface area contributed by atoms with Gasteiger partial charge in [-0.2, -0.15) is 0 Å². The number of aliphatic carboxylic acids is 2. The average molecular weight is 410 g/mol. The van der Waals surface area contributed by atoms with Gasteiger partial charge in [0.2, 0.25) is 0 Å². The van der Waals surface area contributed by atoms with Crippen LogP contribution in [0.4, 0.5) is 0 Å². The van der Waals surface area contributed by atoms with Crippen LogP contribution in [0.1, 0.15) is 37.0 Å². The van der Waals surface area contributed by atoms with Gasteiger partial charge in [-0.15, -0.1) is 0 Å². The first-order valence-electron chi connectivity index (χ1n) is 10.5. The fourth-order valence-corrected chi connectivity index (χ4v) is 3.87. The Bertz CT molecular complexity index is 819. The van der Waals surface area contributed by atoms with Crippen LogP contribution in [-0.4, -0.2) is 46.7 Å². The lowest BCUT2D eigenvalue weighted by molar-refractivity contribution is -0.159. The molecular weight excluding hydrogens is 378 g/mol. The number of nitrogens with zero attached hydrogens (tertiary/aromatic N) is 1. The van der Waals surface area contributed by atoms with Gasteiger partial charge in [0.25, 0.3) is 0 Å². The molecule has 0 saturated heterocycles. The Labute approximate surface area is 178 Å². The Balaban J connectivity index is 0.000000469. The molecule has 30 heavy (non-hydrogen) atoms.